The number of aromatic carboxylic acids is 1. The summed E-state index contributed by atoms with van der Waals surface area (Å²) in [4.78, 5) is 15.4. The Bertz CT molecular complexity index is 568. The van der Waals surface area contributed by atoms with Gasteiger partial charge >= 0.3 is 5.97 Å². The standard InChI is InChI=1S/C11H9FN2O2S/c12-7-3-1-2-6(4-7)10-9(11(15)16)14-8(5-13)17-10/h1-4H,5,13H2,(H,15,16). The van der Waals surface area contributed by atoms with E-state index in [2.05, 4.69) is 4.98 Å². The first-order valence-corrected chi connectivity index (χ1v) is 5.62. The van der Waals surface area contributed by atoms with Crippen LogP contribution in [0.15, 0.2) is 24.3 Å². The lowest BCUT2D eigenvalue weighted by atomic mass is 10.1. The molecule has 1 heterocycles. The fourth-order valence-corrected chi connectivity index (χ4v) is 2.35. The predicted molar refractivity (Wildman–Crippen MR) is 62.4 cm³/mol. The normalized spacial score (nSPS) is 10.5. The molecule has 0 aliphatic heterocycles. The lowest BCUT2D eigenvalue weighted by Crippen LogP contribution is -2.01. The average molecular weight is 252 g/mol. The second-order valence-corrected chi connectivity index (χ2v) is 4.39. The molecule has 17 heavy (non-hydrogen) atoms. The number of nitrogens with zero attached hydrogens (tertiary/aromatic N) is 1. The number of rotatable bonds is 3. The molecule has 6 heteroatoms. The maximum atomic E-state index is 13.1. The molecule has 0 bridgehead atoms. The monoisotopic (exact) mass is 252 g/mol. The predicted octanol–water partition coefficient (Wildman–Crippen LogP) is 2.11. The molecule has 0 aliphatic rings. The molecule has 0 aliphatic carbocycles. The number of aromatic nitrogens is 1. The van der Waals surface area contributed by atoms with Crippen LogP contribution in [0, 0.1) is 5.82 Å². The number of halogens is 1. The van der Waals surface area contributed by atoms with Crippen molar-refractivity contribution in [2.45, 2.75) is 6.54 Å². The minimum atomic E-state index is -1.14. The van der Waals surface area contributed by atoms with Gasteiger partial charge in [-0.2, -0.15) is 0 Å². The van der Waals surface area contributed by atoms with E-state index in [0.29, 0.717) is 15.4 Å². The molecule has 1 aromatic heterocycles. The SMILES string of the molecule is NCc1nc(C(=O)O)c(-c2cccc(F)c2)s1. The van der Waals surface area contributed by atoms with Crippen LogP contribution < -0.4 is 5.73 Å². The number of carboxylic acids is 1. The Hall–Kier alpha value is -1.79. The van der Waals surface area contributed by atoms with Crippen LogP contribution in [0.5, 0.6) is 0 Å². The van der Waals surface area contributed by atoms with Gasteiger partial charge < -0.3 is 10.8 Å². The first-order chi connectivity index (χ1) is 8.11. The lowest BCUT2D eigenvalue weighted by molar-refractivity contribution is 0.0692. The number of hydrogen-bond acceptors (Lipinski definition) is 4. The van der Waals surface area contributed by atoms with Gasteiger partial charge in [-0.05, 0) is 17.7 Å². The zero-order chi connectivity index (χ0) is 12.4. The van der Waals surface area contributed by atoms with Crippen molar-refractivity contribution in [2.75, 3.05) is 0 Å². The Kier molecular flexibility index (Phi) is 3.16. The van der Waals surface area contributed by atoms with Gasteiger partial charge in [0.2, 0.25) is 0 Å². The van der Waals surface area contributed by atoms with E-state index in [1.54, 1.807) is 6.07 Å². The van der Waals surface area contributed by atoms with Crippen LogP contribution in [0.1, 0.15) is 15.5 Å². The van der Waals surface area contributed by atoms with Crippen molar-refractivity contribution in [1.29, 1.82) is 0 Å². The van der Waals surface area contributed by atoms with E-state index in [4.69, 9.17) is 10.8 Å². The van der Waals surface area contributed by atoms with Gasteiger partial charge in [-0.3, -0.25) is 0 Å². The van der Waals surface area contributed by atoms with Gasteiger partial charge in [0, 0.05) is 6.54 Å². The summed E-state index contributed by atoms with van der Waals surface area (Å²) in [7, 11) is 0. The van der Waals surface area contributed by atoms with Crippen LogP contribution in [-0.4, -0.2) is 16.1 Å². The molecular formula is C11H9FN2O2S. The molecular weight excluding hydrogens is 243 g/mol. The summed E-state index contributed by atoms with van der Waals surface area (Å²) in [5.41, 5.74) is 5.84. The van der Waals surface area contributed by atoms with Crippen molar-refractivity contribution >= 4 is 17.3 Å². The van der Waals surface area contributed by atoms with E-state index < -0.39 is 11.8 Å². The number of hydrogen-bond donors (Lipinski definition) is 2. The summed E-state index contributed by atoms with van der Waals surface area (Å²) in [6, 6.07) is 5.75. The highest BCUT2D eigenvalue weighted by molar-refractivity contribution is 7.15. The summed E-state index contributed by atoms with van der Waals surface area (Å²) < 4.78 is 13.1. The highest BCUT2D eigenvalue weighted by Crippen LogP contribution is 2.30. The molecule has 0 amide bonds. The van der Waals surface area contributed by atoms with Crippen molar-refractivity contribution in [3.05, 3.63) is 40.8 Å². The number of benzene rings is 1. The van der Waals surface area contributed by atoms with Gasteiger partial charge in [0.25, 0.3) is 0 Å². The Morgan fingerprint density at radius 3 is 2.88 bits per heavy atom. The van der Waals surface area contributed by atoms with Crippen molar-refractivity contribution < 1.29 is 14.3 Å². The van der Waals surface area contributed by atoms with Gasteiger partial charge in [0.05, 0.1) is 4.88 Å². The van der Waals surface area contributed by atoms with E-state index in [-0.39, 0.29) is 12.2 Å². The highest BCUT2D eigenvalue weighted by Gasteiger charge is 2.18. The molecule has 4 nitrogen and oxygen atoms in total. The smallest absolute Gasteiger partial charge is 0.356 e. The molecule has 3 N–H and O–H groups in total. The summed E-state index contributed by atoms with van der Waals surface area (Å²) in [6.07, 6.45) is 0. The van der Waals surface area contributed by atoms with E-state index in [0.717, 1.165) is 0 Å². The molecule has 0 unspecified atom stereocenters. The van der Waals surface area contributed by atoms with E-state index in [1.165, 1.54) is 29.5 Å². The fourth-order valence-electron chi connectivity index (χ4n) is 1.42. The van der Waals surface area contributed by atoms with Crippen molar-refractivity contribution in [1.82, 2.24) is 4.98 Å². The van der Waals surface area contributed by atoms with Crippen LogP contribution in [0.2, 0.25) is 0 Å². The Labute approximate surface area is 101 Å². The number of nitrogens with two attached hydrogens (primary N) is 1. The topological polar surface area (TPSA) is 76.2 Å². The molecule has 0 atom stereocenters. The first-order valence-electron chi connectivity index (χ1n) is 4.81. The minimum absolute atomic E-state index is 0.0824. The second-order valence-electron chi connectivity index (χ2n) is 3.30. The van der Waals surface area contributed by atoms with E-state index in [9.17, 15) is 9.18 Å². The highest BCUT2D eigenvalue weighted by atomic mass is 32.1. The third kappa shape index (κ3) is 2.32. The largest absolute Gasteiger partial charge is 0.476 e. The maximum Gasteiger partial charge on any atom is 0.356 e. The zero-order valence-corrected chi connectivity index (χ0v) is 9.50. The Morgan fingerprint density at radius 2 is 2.29 bits per heavy atom. The number of thiazole rings is 1. The summed E-state index contributed by atoms with van der Waals surface area (Å²) in [5.74, 6) is -1.55. The van der Waals surface area contributed by atoms with E-state index in [1.807, 2.05) is 0 Å². The van der Waals surface area contributed by atoms with Gasteiger partial charge in [-0.25, -0.2) is 14.2 Å². The molecule has 0 saturated carbocycles. The van der Waals surface area contributed by atoms with E-state index >= 15 is 0 Å². The van der Waals surface area contributed by atoms with Crippen molar-refractivity contribution in [3.63, 3.8) is 0 Å². The Morgan fingerprint density at radius 1 is 1.53 bits per heavy atom. The van der Waals surface area contributed by atoms with Gasteiger partial charge in [0.15, 0.2) is 5.69 Å². The van der Waals surface area contributed by atoms with Crippen molar-refractivity contribution in [2.24, 2.45) is 5.73 Å². The molecule has 88 valence electrons. The van der Waals surface area contributed by atoms with Crippen LogP contribution >= 0.6 is 11.3 Å². The van der Waals surface area contributed by atoms with Crippen LogP contribution in [-0.2, 0) is 6.54 Å². The fraction of sp³-hybridized carbons (Fsp3) is 0.0909. The summed E-state index contributed by atoms with van der Waals surface area (Å²) >= 11 is 1.17. The molecule has 1 aromatic carbocycles. The quantitative estimate of drug-likeness (QED) is 0.877. The Balaban J connectivity index is 2.57. The third-order valence-corrected chi connectivity index (χ3v) is 3.26. The van der Waals surface area contributed by atoms with Crippen LogP contribution in [0.25, 0.3) is 10.4 Å². The summed E-state index contributed by atoms with van der Waals surface area (Å²) in [5, 5.41) is 9.53. The third-order valence-electron chi connectivity index (χ3n) is 2.14. The number of carboxylic acid groups (broad SMARTS) is 1. The molecule has 0 saturated heterocycles. The van der Waals surface area contributed by atoms with Gasteiger partial charge in [0.1, 0.15) is 10.8 Å². The molecule has 0 radical (unpaired) electrons. The zero-order valence-electron chi connectivity index (χ0n) is 8.68. The molecule has 0 spiro atoms. The first kappa shape index (κ1) is 11.7. The minimum Gasteiger partial charge on any atom is -0.476 e. The van der Waals surface area contributed by atoms with Crippen molar-refractivity contribution in [3.8, 4) is 10.4 Å². The lowest BCUT2D eigenvalue weighted by Gasteiger charge is -1.98. The average Bonchev–Trinajstić information content (AvgIpc) is 2.73. The number of carbonyl (C=O) groups is 1. The van der Waals surface area contributed by atoms with Gasteiger partial charge in [-0.15, -0.1) is 11.3 Å². The summed E-state index contributed by atoms with van der Waals surface area (Å²) in [6.45, 7) is 0.167. The molecule has 0 fully saturated rings. The molecule has 2 rings (SSSR count). The van der Waals surface area contributed by atoms with Gasteiger partial charge in [-0.1, -0.05) is 12.1 Å². The second kappa shape index (κ2) is 4.60. The van der Waals surface area contributed by atoms with Crippen LogP contribution in [0.3, 0.4) is 0 Å². The molecule has 2 aromatic rings. The maximum absolute atomic E-state index is 13.1. The van der Waals surface area contributed by atoms with Crippen LogP contribution in [0.4, 0.5) is 4.39 Å².